The van der Waals surface area contributed by atoms with Gasteiger partial charge in [-0.2, -0.15) is 0 Å². The molecule has 4 rings (SSSR count). The van der Waals surface area contributed by atoms with Crippen LogP contribution in [0.5, 0.6) is 0 Å². The summed E-state index contributed by atoms with van der Waals surface area (Å²) in [5, 5.41) is 3.97. The van der Waals surface area contributed by atoms with Gasteiger partial charge in [-0.05, 0) is 63.4 Å². The van der Waals surface area contributed by atoms with E-state index in [4.69, 9.17) is 0 Å². The van der Waals surface area contributed by atoms with Crippen molar-refractivity contribution in [1.29, 1.82) is 0 Å². The van der Waals surface area contributed by atoms with Gasteiger partial charge >= 0.3 is 0 Å². The summed E-state index contributed by atoms with van der Waals surface area (Å²) in [6.45, 7) is 5.91. The summed E-state index contributed by atoms with van der Waals surface area (Å²) in [7, 11) is 0. The van der Waals surface area contributed by atoms with Gasteiger partial charge < -0.3 is 10.2 Å². The van der Waals surface area contributed by atoms with Crippen molar-refractivity contribution in [2.75, 3.05) is 23.3 Å². The van der Waals surface area contributed by atoms with Crippen molar-refractivity contribution in [2.45, 2.75) is 33.1 Å². The van der Waals surface area contributed by atoms with Crippen LogP contribution in [-0.2, 0) is 0 Å². The van der Waals surface area contributed by atoms with Gasteiger partial charge in [-0.15, -0.1) is 0 Å². The van der Waals surface area contributed by atoms with E-state index in [0.29, 0.717) is 5.56 Å². The van der Waals surface area contributed by atoms with E-state index in [2.05, 4.69) is 20.2 Å². The first-order chi connectivity index (χ1) is 13.1. The van der Waals surface area contributed by atoms with Crippen molar-refractivity contribution in [1.82, 2.24) is 9.97 Å². The number of hydrogen-bond donors (Lipinski definition) is 1. The van der Waals surface area contributed by atoms with Gasteiger partial charge in [-0.25, -0.2) is 4.98 Å². The van der Waals surface area contributed by atoms with Crippen LogP contribution in [0.1, 0.15) is 40.9 Å². The number of carbonyl (C=O) groups is 1. The van der Waals surface area contributed by atoms with Crippen LogP contribution >= 0.6 is 0 Å². The molecular weight excluding hydrogens is 336 g/mol. The number of pyridine rings is 2. The number of aromatic nitrogens is 2. The summed E-state index contributed by atoms with van der Waals surface area (Å²) in [4.78, 5) is 24.5. The molecular formula is C22H24N4O. The van der Waals surface area contributed by atoms with E-state index in [1.54, 1.807) is 6.20 Å². The second-order valence-corrected chi connectivity index (χ2v) is 7.21. The van der Waals surface area contributed by atoms with Crippen molar-refractivity contribution >= 4 is 28.3 Å². The third kappa shape index (κ3) is 3.63. The predicted octanol–water partition coefficient (Wildman–Crippen LogP) is 4.49. The molecule has 5 nitrogen and oxygen atoms in total. The van der Waals surface area contributed by atoms with Gasteiger partial charge in [0.2, 0.25) is 0 Å². The van der Waals surface area contributed by atoms with E-state index in [1.165, 1.54) is 6.42 Å². The Morgan fingerprint density at radius 3 is 2.70 bits per heavy atom. The zero-order chi connectivity index (χ0) is 18.8. The summed E-state index contributed by atoms with van der Waals surface area (Å²) in [5.74, 6) is 0.735. The average Bonchev–Trinajstić information content (AvgIpc) is 2.69. The minimum absolute atomic E-state index is 0.123. The summed E-state index contributed by atoms with van der Waals surface area (Å²) in [6, 6.07) is 11.7. The molecule has 0 spiro atoms. The zero-order valence-corrected chi connectivity index (χ0v) is 15.8. The van der Waals surface area contributed by atoms with Crippen LogP contribution in [0.15, 0.2) is 42.6 Å². The van der Waals surface area contributed by atoms with Crippen LogP contribution in [0.3, 0.4) is 0 Å². The largest absolute Gasteiger partial charge is 0.355 e. The highest BCUT2D eigenvalue weighted by Gasteiger charge is 2.19. The van der Waals surface area contributed by atoms with E-state index in [1.807, 2.05) is 50.2 Å². The molecule has 1 aliphatic rings. The number of piperidine rings is 1. The van der Waals surface area contributed by atoms with E-state index < -0.39 is 0 Å². The maximum atomic E-state index is 13.1. The molecule has 3 heterocycles. The van der Waals surface area contributed by atoms with E-state index in [0.717, 1.165) is 59.6 Å². The molecule has 0 bridgehead atoms. The number of nitrogens with zero attached hydrogens (tertiary/aromatic N) is 3. The number of carbonyl (C=O) groups excluding carboxylic acids is 1. The van der Waals surface area contributed by atoms with Gasteiger partial charge in [0, 0.05) is 30.4 Å². The lowest BCUT2D eigenvalue weighted by Gasteiger charge is -2.29. The van der Waals surface area contributed by atoms with Crippen LogP contribution in [-0.4, -0.2) is 29.0 Å². The van der Waals surface area contributed by atoms with Crippen LogP contribution in [0.4, 0.5) is 11.5 Å². The van der Waals surface area contributed by atoms with Crippen LogP contribution in [0.25, 0.3) is 10.9 Å². The van der Waals surface area contributed by atoms with Gasteiger partial charge in [0.05, 0.1) is 16.8 Å². The number of hydrogen-bond acceptors (Lipinski definition) is 4. The molecule has 1 aromatic carbocycles. The molecule has 0 radical (unpaired) electrons. The predicted molar refractivity (Wildman–Crippen MR) is 109 cm³/mol. The smallest absolute Gasteiger partial charge is 0.256 e. The molecule has 138 valence electrons. The average molecular weight is 360 g/mol. The van der Waals surface area contributed by atoms with Crippen molar-refractivity contribution in [3.05, 3.63) is 59.4 Å². The minimum Gasteiger partial charge on any atom is -0.355 e. The van der Waals surface area contributed by atoms with E-state index >= 15 is 0 Å². The fraction of sp³-hybridized carbons (Fsp3) is 0.318. The highest BCUT2D eigenvalue weighted by Crippen LogP contribution is 2.27. The molecule has 0 saturated carbocycles. The molecule has 1 amide bonds. The maximum Gasteiger partial charge on any atom is 0.256 e. The van der Waals surface area contributed by atoms with Crippen LogP contribution in [0.2, 0.25) is 0 Å². The molecule has 0 atom stereocenters. The lowest BCUT2D eigenvalue weighted by Crippen LogP contribution is -2.31. The first-order valence-corrected chi connectivity index (χ1v) is 9.51. The third-order valence-corrected chi connectivity index (χ3v) is 5.03. The van der Waals surface area contributed by atoms with Gasteiger partial charge in [0.25, 0.3) is 5.91 Å². The third-order valence-electron chi connectivity index (χ3n) is 5.03. The molecule has 27 heavy (non-hydrogen) atoms. The van der Waals surface area contributed by atoms with E-state index in [-0.39, 0.29) is 5.91 Å². The van der Waals surface area contributed by atoms with Crippen molar-refractivity contribution in [3.8, 4) is 0 Å². The highest BCUT2D eigenvalue weighted by atomic mass is 16.1. The second-order valence-electron chi connectivity index (χ2n) is 7.21. The number of aryl methyl sites for hydroxylation is 2. The number of benzene rings is 1. The monoisotopic (exact) mass is 360 g/mol. The Hall–Kier alpha value is -2.95. The molecule has 5 heteroatoms. The van der Waals surface area contributed by atoms with E-state index in [9.17, 15) is 4.79 Å². The normalized spacial score (nSPS) is 14.4. The second kappa shape index (κ2) is 7.35. The molecule has 1 N–H and O–H groups in total. The first kappa shape index (κ1) is 17.5. The Balaban J connectivity index is 1.69. The number of nitrogens with one attached hydrogen (secondary N) is 1. The molecule has 1 saturated heterocycles. The Bertz CT molecular complexity index is 993. The fourth-order valence-corrected chi connectivity index (χ4v) is 3.70. The number of fused-ring (bicyclic) bond motifs is 1. The number of anilines is 2. The molecule has 2 aromatic heterocycles. The first-order valence-electron chi connectivity index (χ1n) is 9.51. The quantitative estimate of drug-likeness (QED) is 0.748. The van der Waals surface area contributed by atoms with Crippen molar-refractivity contribution in [2.24, 2.45) is 0 Å². The lowest BCUT2D eigenvalue weighted by molar-refractivity contribution is 0.102. The molecule has 0 aliphatic carbocycles. The Morgan fingerprint density at radius 1 is 1.07 bits per heavy atom. The van der Waals surface area contributed by atoms with Crippen LogP contribution < -0.4 is 10.2 Å². The summed E-state index contributed by atoms with van der Waals surface area (Å²) < 4.78 is 0. The minimum atomic E-state index is -0.123. The molecule has 1 fully saturated rings. The topological polar surface area (TPSA) is 58.1 Å². The van der Waals surface area contributed by atoms with Gasteiger partial charge in [-0.3, -0.25) is 9.78 Å². The maximum absolute atomic E-state index is 13.1. The fourth-order valence-electron chi connectivity index (χ4n) is 3.70. The Kier molecular flexibility index (Phi) is 4.75. The SMILES string of the molecule is Cc1ccc2nc(C)cc(C(=O)Nc3cccnc3N3CCCCC3)c2c1. The van der Waals surface area contributed by atoms with Crippen LogP contribution in [0, 0.1) is 13.8 Å². The van der Waals surface area contributed by atoms with Gasteiger partial charge in [0.15, 0.2) is 5.82 Å². The number of amides is 1. The Morgan fingerprint density at radius 2 is 1.89 bits per heavy atom. The van der Waals surface area contributed by atoms with Crippen molar-refractivity contribution in [3.63, 3.8) is 0 Å². The zero-order valence-electron chi connectivity index (χ0n) is 15.8. The van der Waals surface area contributed by atoms with Crippen molar-refractivity contribution < 1.29 is 4.79 Å². The molecule has 1 aliphatic heterocycles. The van der Waals surface area contributed by atoms with Gasteiger partial charge in [0.1, 0.15) is 0 Å². The summed E-state index contributed by atoms with van der Waals surface area (Å²) >= 11 is 0. The summed E-state index contributed by atoms with van der Waals surface area (Å²) in [5.41, 5.74) is 4.19. The lowest BCUT2D eigenvalue weighted by atomic mass is 10.0. The number of rotatable bonds is 3. The Labute approximate surface area is 159 Å². The molecule has 3 aromatic rings. The summed E-state index contributed by atoms with van der Waals surface area (Å²) in [6.07, 6.45) is 5.37. The molecule has 0 unspecified atom stereocenters. The standard InChI is InChI=1S/C22H24N4O/c1-15-8-9-19-17(13-15)18(14-16(2)24-19)22(27)25-20-7-6-10-23-21(20)26-11-4-3-5-12-26/h6-10,13-14H,3-5,11-12H2,1-2H3,(H,25,27). The highest BCUT2D eigenvalue weighted by molar-refractivity contribution is 6.13. The van der Waals surface area contributed by atoms with Gasteiger partial charge in [-0.1, -0.05) is 11.6 Å².